The van der Waals surface area contributed by atoms with Crippen LogP contribution in [-0.2, 0) is 17.3 Å². The first kappa shape index (κ1) is 66.9. The van der Waals surface area contributed by atoms with Gasteiger partial charge in [-0.2, -0.15) is 0 Å². The van der Waals surface area contributed by atoms with Crippen molar-refractivity contribution in [1.29, 1.82) is 0 Å². The van der Waals surface area contributed by atoms with Crippen LogP contribution in [-0.4, -0.2) is 0 Å². The summed E-state index contributed by atoms with van der Waals surface area (Å²) in [6.45, 7) is 9.51. The van der Waals surface area contributed by atoms with Crippen molar-refractivity contribution in [3.05, 3.63) is 243 Å². The molecule has 6 aliphatic carbocycles. The van der Waals surface area contributed by atoms with Gasteiger partial charge in [0, 0.05) is 32.9 Å². The fourth-order valence-electron chi connectivity index (χ4n) is 17.7. The molecule has 0 saturated heterocycles. The van der Waals surface area contributed by atoms with Gasteiger partial charge in [-0.25, -0.2) is 0 Å². The van der Waals surface area contributed by atoms with Crippen LogP contribution < -0.4 is 4.90 Å². The average molecular weight is 1260 g/mol. The van der Waals surface area contributed by atoms with Crippen molar-refractivity contribution < 1.29 is 0 Å². The van der Waals surface area contributed by atoms with Gasteiger partial charge in [0.1, 0.15) is 0 Å². The fourth-order valence-corrected chi connectivity index (χ4v) is 17.8. The molecule has 0 radical (unpaired) electrons. The molecule has 93 heavy (non-hydrogen) atoms. The van der Waals surface area contributed by atoms with Crippen molar-refractivity contribution in [2.75, 3.05) is 4.90 Å². The van der Waals surface area contributed by atoms with Gasteiger partial charge < -0.3 is 4.90 Å². The highest BCUT2D eigenvalue weighted by Crippen LogP contribution is 2.52. The Morgan fingerprint density at radius 1 is 0.280 bits per heavy atom. The molecule has 8 aromatic rings. The van der Waals surface area contributed by atoms with Crippen molar-refractivity contribution in [2.24, 2.45) is 0 Å². The van der Waals surface area contributed by atoms with Gasteiger partial charge in [0.05, 0.1) is 0 Å². The molecule has 0 N–H and O–H groups in total. The monoisotopic (exact) mass is 1250 g/mol. The standard InChI is InChI=1S/C45H55N.C28H30.C18H27Cl/c1-45(2)43-22-16-15-21-41(43)42-32-31-40(33-44(42)45)46(39-29-25-37(26-30-39)35-19-13-10-14-20-35)38-27-23-36(24-28-38)34-17-11-8-6-4-3-5-7-9-12-18-34;1-28(2)26-11-7-6-10-24(26)25-17-14-21(19-27(25)28)18-20-12-15-23(16-13-20)22-8-4-3-5-9-22;19-18-14-12-17(13-15-18)16-10-8-6-4-2-1-3-5-7-9-11-16/h15-16,21-35H,3-14,17-20H2,1-2H3;6-7,10-17,19,22H,3-5,8-9,18H2,1-2H3;12-16H,1-11H2. The Bertz CT molecular complexity index is 3570. The SMILES string of the molecule is CC1(C)c2ccccc2-c2ccc(Cc3ccc(C4CCCCC4)cc3)cc21.CC1(C)c2ccccc2-c2ccc(N(c3ccc(C4CCCCCCCCCCC4)cc3)c3ccc(C4CCCCC4)cc3)cc21.Clc1ccc(C2CCCCCCCCCCC2)cc1. The van der Waals surface area contributed by atoms with Gasteiger partial charge in [0.15, 0.2) is 0 Å². The second kappa shape index (κ2) is 32.5. The zero-order chi connectivity index (χ0) is 63.8. The third-order valence-corrected chi connectivity index (χ3v) is 23.6. The smallest absolute Gasteiger partial charge is 0.0465 e. The molecule has 0 bridgehead atoms. The van der Waals surface area contributed by atoms with Gasteiger partial charge in [-0.3, -0.25) is 0 Å². The minimum atomic E-state index is -0.0179. The molecule has 0 heterocycles. The van der Waals surface area contributed by atoms with E-state index in [0.717, 1.165) is 29.2 Å². The highest BCUT2D eigenvalue weighted by molar-refractivity contribution is 6.30. The van der Waals surface area contributed by atoms with E-state index in [-0.39, 0.29) is 10.8 Å². The molecule has 4 fully saturated rings. The van der Waals surface area contributed by atoms with Crippen molar-refractivity contribution >= 4 is 28.7 Å². The summed E-state index contributed by atoms with van der Waals surface area (Å²) in [5, 5.41) is 0.858. The molecule has 0 atom stereocenters. The Morgan fingerprint density at radius 3 is 0.946 bits per heavy atom. The Kier molecular flexibility index (Phi) is 23.4. The highest BCUT2D eigenvalue weighted by Gasteiger charge is 2.37. The number of nitrogens with zero attached hydrogens (tertiary/aromatic N) is 1. The topological polar surface area (TPSA) is 3.24 Å². The van der Waals surface area contributed by atoms with Crippen LogP contribution in [0.15, 0.2) is 182 Å². The van der Waals surface area contributed by atoms with Crippen LogP contribution in [0.5, 0.6) is 0 Å². The molecule has 14 rings (SSSR count). The minimum Gasteiger partial charge on any atom is -0.310 e. The van der Waals surface area contributed by atoms with E-state index >= 15 is 0 Å². The molecule has 0 spiro atoms. The zero-order valence-corrected chi connectivity index (χ0v) is 58.5. The number of fused-ring (bicyclic) bond motifs is 6. The summed E-state index contributed by atoms with van der Waals surface area (Å²) < 4.78 is 0. The quantitative estimate of drug-likeness (QED) is 0.139. The number of anilines is 3. The molecule has 0 aromatic heterocycles. The predicted octanol–water partition coefficient (Wildman–Crippen LogP) is 28.3. The lowest BCUT2D eigenvalue weighted by molar-refractivity contribution is 0.443. The Labute approximate surface area is 569 Å². The molecule has 2 heteroatoms. The van der Waals surface area contributed by atoms with E-state index in [4.69, 9.17) is 11.6 Å². The summed E-state index contributed by atoms with van der Waals surface area (Å²) >= 11 is 6.00. The summed E-state index contributed by atoms with van der Waals surface area (Å²) in [6, 6.07) is 69.6. The summed E-state index contributed by atoms with van der Waals surface area (Å²) in [5.74, 6) is 2.97. The molecule has 1 nitrogen and oxygen atoms in total. The van der Waals surface area contributed by atoms with Crippen LogP contribution in [0, 0.1) is 0 Å². The third kappa shape index (κ3) is 16.7. The van der Waals surface area contributed by atoms with Crippen LogP contribution >= 0.6 is 11.6 Å². The molecule has 0 aliphatic heterocycles. The van der Waals surface area contributed by atoms with Gasteiger partial charge in [-0.15, -0.1) is 0 Å². The Balaban J connectivity index is 0.000000150. The first-order chi connectivity index (χ1) is 45.6. The molecular formula is C91H112ClN. The normalized spacial score (nSPS) is 19.2. The van der Waals surface area contributed by atoms with Crippen LogP contribution in [0.2, 0.25) is 5.02 Å². The molecule has 488 valence electrons. The highest BCUT2D eigenvalue weighted by atomic mass is 35.5. The van der Waals surface area contributed by atoms with Gasteiger partial charge in [-0.1, -0.05) is 327 Å². The van der Waals surface area contributed by atoms with E-state index in [9.17, 15) is 0 Å². The summed E-state index contributed by atoms with van der Waals surface area (Å²) in [6.07, 6.45) is 45.8. The number of hydrogen-bond donors (Lipinski definition) is 0. The van der Waals surface area contributed by atoms with Crippen molar-refractivity contribution in [3.8, 4) is 22.3 Å². The van der Waals surface area contributed by atoms with Gasteiger partial charge in [0.25, 0.3) is 0 Å². The third-order valence-electron chi connectivity index (χ3n) is 23.3. The van der Waals surface area contributed by atoms with Crippen LogP contribution in [0.3, 0.4) is 0 Å². The van der Waals surface area contributed by atoms with Crippen molar-refractivity contribution in [2.45, 2.75) is 274 Å². The lowest BCUT2D eigenvalue weighted by atomic mass is 9.81. The maximum Gasteiger partial charge on any atom is 0.0465 e. The number of benzene rings is 8. The molecule has 0 amide bonds. The van der Waals surface area contributed by atoms with E-state index in [1.54, 1.807) is 11.1 Å². The largest absolute Gasteiger partial charge is 0.310 e. The number of halogens is 1. The summed E-state index contributed by atoms with van der Waals surface area (Å²) in [5.41, 5.74) is 24.2. The Hall–Kier alpha value is -6.15. The first-order valence-electron chi connectivity index (χ1n) is 37.9. The average Bonchev–Trinajstić information content (AvgIpc) is 1.60. The molecule has 8 aromatic carbocycles. The molecule has 4 saturated carbocycles. The van der Waals surface area contributed by atoms with E-state index in [1.165, 1.54) is 289 Å². The van der Waals surface area contributed by atoms with Gasteiger partial charge in [0.2, 0.25) is 0 Å². The molecule has 0 unspecified atom stereocenters. The van der Waals surface area contributed by atoms with E-state index < -0.39 is 0 Å². The van der Waals surface area contributed by atoms with Crippen LogP contribution in [0.4, 0.5) is 17.1 Å². The molecular weight excluding hydrogens is 1140 g/mol. The van der Waals surface area contributed by atoms with Crippen molar-refractivity contribution in [3.63, 3.8) is 0 Å². The summed E-state index contributed by atoms with van der Waals surface area (Å²) in [4.78, 5) is 2.51. The van der Waals surface area contributed by atoms with Crippen LogP contribution in [0.25, 0.3) is 22.3 Å². The maximum atomic E-state index is 6.00. The van der Waals surface area contributed by atoms with Crippen LogP contribution in [0.1, 0.15) is 312 Å². The zero-order valence-electron chi connectivity index (χ0n) is 57.8. The van der Waals surface area contributed by atoms with E-state index in [2.05, 4.69) is 202 Å². The van der Waals surface area contributed by atoms with E-state index in [1.807, 2.05) is 12.1 Å². The number of rotatable bonds is 9. The second-order valence-corrected chi connectivity index (χ2v) is 31.0. The summed E-state index contributed by atoms with van der Waals surface area (Å²) in [7, 11) is 0. The Morgan fingerprint density at radius 2 is 0.559 bits per heavy atom. The second-order valence-electron chi connectivity index (χ2n) is 30.5. The van der Waals surface area contributed by atoms with Gasteiger partial charge in [-0.05, 0) is 208 Å². The first-order valence-corrected chi connectivity index (χ1v) is 38.3. The predicted molar refractivity (Wildman–Crippen MR) is 402 cm³/mol. The maximum absolute atomic E-state index is 6.00. The number of hydrogen-bond acceptors (Lipinski definition) is 1. The van der Waals surface area contributed by atoms with Gasteiger partial charge >= 0.3 is 0 Å². The van der Waals surface area contributed by atoms with Crippen molar-refractivity contribution in [1.82, 2.24) is 0 Å². The lowest BCUT2D eigenvalue weighted by Crippen LogP contribution is -2.16. The minimum absolute atomic E-state index is 0.0179. The van der Waals surface area contributed by atoms with E-state index in [0.29, 0.717) is 5.92 Å². The fraction of sp³-hybridized carbons (Fsp3) is 0.473. The molecule has 6 aliphatic rings. The lowest BCUT2D eigenvalue weighted by Gasteiger charge is -2.29.